The van der Waals surface area contributed by atoms with E-state index in [9.17, 15) is 0 Å². The molecule has 1 heterocycles. The van der Waals surface area contributed by atoms with Gasteiger partial charge in [-0.15, -0.1) is 0 Å². The highest BCUT2D eigenvalue weighted by atomic mass is 31.0. The van der Waals surface area contributed by atoms with Gasteiger partial charge in [-0.05, 0) is 12.2 Å². The van der Waals surface area contributed by atoms with Crippen LogP contribution in [0.2, 0.25) is 0 Å². The monoisotopic (exact) mass is 113 g/mol. The van der Waals surface area contributed by atoms with E-state index >= 15 is 0 Å². The Balaban J connectivity index is 2.76. The Morgan fingerprint density at radius 2 is 2.71 bits per heavy atom. The maximum absolute atomic E-state index is 3.13. The van der Waals surface area contributed by atoms with Gasteiger partial charge in [0.15, 0.2) is 0 Å². The van der Waals surface area contributed by atoms with Crippen LogP contribution in [-0.2, 0) is 6.42 Å². The third kappa shape index (κ3) is 1.04. The molecule has 0 saturated carbocycles. The van der Waals surface area contributed by atoms with Crippen LogP contribution in [0.1, 0.15) is 12.3 Å². The van der Waals surface area contributed by atoms with Crippen LogP contribution in [0, 0.1) is 0 Å². The molecule has 0 aliphatic heterocycles. The zero-order valence-electron chi connectivity index (χ0n) is 4.31. The van der Waals surface area contributed by atoms with Crippen molar-refractivity contribution in [3.63, 3.8) is 0 Å². The summed E-state index contributed by atoms with van der Waals surface area (Å²) in [4.78, 5) is 3.13. The first kappa shape index (κ1) is 4.86. The van der Waals surface area contributed by atoms with Gasteiger partial charge >= 0.3 is 0 Å². The van der Waals surface area contributed by atoms with E-state index in [1.165, 1.54) is 13.6 Å². The number of aromatic amines is 1. The summed E-state index contributed by atoms with van der Waals surface area (Å²) in [6.07, 6.45) is 3.13. The van der Waals surface area contributed by atoms with Crippen LogP contribution in [0.4, 0.5) is 0 Å². The second-order valence-electron chi connectivity index (χ2n) is 1.39. The lowest BCUT2D eigenvalue weighted by Gasteiger charge is -1.80. The molecule has 0 radical (unpaired) electrons. The zero-order valence-corrected chi connectivity index (χ0v) is 5.20. The van der Waals surface area contributed by atoms with E-state index in [2.05, 4.69) is 17.7 Å². The normalized spacial score (nSPS) is 10.4. The molecular weight excluding hydrogens is 105 g/mol. The molecule has 0 aliphatic carbocycles. The molecule has 1 rings (SSSR count). The molecule has 7 heavy (non-hydrogen) atoms. The molecule has 1 aromatic heterocycles. The largest absolute Gasteiger partial charge is 0.361 e. The molecule has 38 valence electrons. The van der Waals surface area contributed by atoms with E-state index in [4.69, 9.17) is 0 Å². The van der Waals surface area contributed by atoms with Crippen molar-refractivity contribution >= 4 is 8.19 Å². The van der Waals surface area contributed by atoms with Crippen LogP contribution in [0.15, 0.2) is 12.0 Å². The van der Waals surface area contributed by atoms with Crippen LogP contribution >= 0.6 is 8.19 Å². The molecule has 0 saturated heterocycles. The molecule has 0 spiro atoms. The van der Waals surface area contributed by atoms with Gasteiger partial charge < -0.3 is 4.98 Å². The molecule has 0 aliphatic rings. The van der Waals surface area contributed by atoms with E-state index in [-0.39, 0.29) is 0 Å². The molecule has 1 N–H and O–H groups in total. The van der Waals surface area contributed by atoms with Gasteiger partial charge in [-0.2, -0.15) is 0 Å². The van der Waals surface area contributed by atoms with Gasteiger partial charge in [0.25, 0.3) is 0 Å². The fraction of sp³-hybridized carbons (Fsp3) is 0.400. The van der Waals surface area contributed by atoms with Crippen molar-refractivity contribution in [1.82, 2.24) is 4.98 Å². The lowest BCUT2D eigenvalue weighted by molar-refractivity contribution is 1.09. The van der Waals surface area contributed by atoms with Crippen LogP contribution in [-0.4, -0.2) is 4.98 Å². The first-order valence-electron chi connectivity index (χ1n) is 2.41. The summed E-state index contributed by atoms with van der Waals surface area (Å²) in [5.74, 6) is 2.11. The standard InChI is InChI=1S/C5H8NP/c1-2-5-6-3-4-7-5/h3-4,6H,2H2,1H3. The summed E-state index contributed by atoms with van der Waals surface area (Å²) in [6, 6.07) is 0. The van der Waals surface area contributed by atoms with Crippen molar-refractivity contribution < 1.29 is 0 Å². The molecule has 0 unspecified atom stereocenters. The molecule has 0 atom stereocenters. The quantitative estimate of drug-likeness (QED) is 0.574. The Morgan fingerprint density at radius 1 is 1.86 bits per heavy atom. The Labute approximate surface area is 44.9 Å². The number of H-pyrrole nitrogens is 1. The van der Waals surface area contributed by atoms with Gasteiger partial charge in [0.05, 0.1) is 0 Å². The first-order chi connectivity index (χ1) is 3.43. The molecular formula is C5H8NP. The van der Waals surface area contributed by atoms with Crippen molar-refractivity contribution in [1.29, 1.82) is 0 Å². The number of aromatic nitrogens is 1. The maximum Gasteiger partial charge on any atom is 0.0421 e. The molecule has 0 amide bonds. The second kappa shape index (κ2) is 2.13. The lowest BCUT2D eigenvalue weighted by atomic mass is 10.5. The van der Waals surface area contributed by atoms with E-state index in [1.807, 2.05) is 6.20 Å². The van der Waals surface area contributed by atoms with Gasteiger partial charge in [-0.25, -0.2) is 0 Å². The van der Waals surface area contributed by atoms with Crippen molar-refractivity contribution in [2.45, 2.75) is 13.3 Å². The first-order valence-corrected chi connectivity index (χ1v) is 3.38. The van der Waals surface area contributed by atoms with Crippen LogP contribution < -0.4 is 0 Å². The highest BCUT2D eigenvalue weighted by Crippen LogP contribution is 2.09. The molecule has 1 nitrogen and oxygen atoms in total. The molecule has 2 heteroatoms. The van der Waals surface area contributed by atoms with Crippen molar-refractivity contribution in [3.05, 3.63) is 17.4 Å². The fourth-order valence-electron chi connectivity index (χ4n) is 0.491. The maximum atomic E-state index is 3.13. The van der Waals surface area contributed by atoms with Crippen LogP contribution in [0.3, 0.4) is 0 Å². The molecule has 0 bridgehead atoms. The minimum atomic E-state index is 1.15. The van der Waals surface area contributed by atoms with Crippen LogP contribution in [0.25, 0.3) is 0 Å². The van der Waals surface area contributed by atoms with E-state index < -0.39 is 0 Å². The number of aryl methyl sites for hydroxylation is 1. The van der Waals surface area contributed by atoms with Gasteiger partial charge in [0, 0.05) is 11.6 Å². The third-order valence-corrected chi connectivity index (χ3v) is 1.94. The highest BCUT2D eigenvalue weighted by molar-refractivity contribution is 7.29. The molecule has 0 fully saturated rings. The van der Waals surface area contributed by atoms with Gasteiger partial charge in [0.2, 0.25) is 0 Å². The number of rotatable bonds is 1. The Morgan fingerprint density at radius 3 is 3.00 bits per heavy atom. The van der Waals surface area contributed by atoms with Crippen molar-refractivity contribution in [2.75, 3.05) is 0 Å². The average Bonchev–Trinajstić information content (AvgIpc) is 2.14. The van der Waals surface area contributed by atoms with Crippen LogP contribution in [0.5, 0.6) is 0 Å². The summed E-state index contributed by atoms with van der Waals surface area (Å²) in [5.41, 5.74) is 1.40. The summed E-state index contributed by atoms with van der Waals surface area (Å²) >= 11 is 0. The van der Waals surface area contributed by atoms with E-state index in [1.54, 1.807) is 0 Å². The minimum absolute atomic E-state index is 1.15. The average molecular weight is 113 g/mol. The zero-order chi connectivity index (χ0) is 5.11. The number of hydrogen-bond donors (Lipinski definition) is 1. The summed E-state index contributed by atoms with van der Waals surface area (Å²) in [7, 11) is 1.35. The third-order valence-electron chi connectivity index (χ3n) is 0.890. The Kier molecular flexibility index (Phi) is 1.48. The predicted octanol–water partition coefficient (Wildman–Crippen LogP) is 2.16. The highest BCUT2D eigenvalue weighted by Gasteiger charge is 1.82. The topological polar surface area (TPSA) is 15.8 Å². The Hall–Kier alpha value is -0.290. The van der Waals surface area contributed by atoms with Gasteiger partial charge in [0.1, 0.15) is 0 Å². The molecule has 1 aromatic rings. The second-order valence-corrected chi connectivity index (χ2v) is 2.49. The number of hydrogen-bond acceptors (Lipinski definition) is 0. The SMILES string of the molecule is CCc1[nH]ccp1. The summed E-state index contributed by atoms with van der Waals surface area (Å²) in [5, 5.41) is 0. The van der Waals surface area contributed by atoms with Gasteiger partial charge in [-0.3, -0.25) is 0 Å². The van der Waals surface area contributed by atoms with E-state index in [0.29, 0.717) is 0 Å². The van der Waals surface area contributed by atoms with Gasteiger partial charge in [-0.1, -0.05) is 15.1 Å². The fourth-order valence-corrected chi connectivity index (χ4v) is 1.15. The Bertz CT molecular complexity index is 123. The van der Waals surface area contributed by atoms with Crippen molar-refractivity contribution in [2.24, 2.45) is 0 Å². The molecule has 0 aromatic carbocycles. The van der Waals surface area contributed by atoms with Crippen molar-refractivity contribution in [3.8, 4) is 0 Å². The predicted molar refractivity (Wildman–Crippen MR) is 32.7 cm³/mol. The van der Waals surface area contributed by atoms with E-state index in [0.717, 1.165) is 6.42 Å². The summed E-state index contributed by atoms with van der Waals surface area (Å²) in [6.45, 7) is 2.16. The smallest absolute Gasteiger partial charge is 0.0421 e. The minimum Gasteiger partial charge on any atom is -0.361 e. The number of nitrogens with one attached hydrogen (secondary N) is 1. The summed E-state index contributed by atoms with van der Waals surface area (Å²) < 4.78 is 0. The lowest BCUT2D eigenvalue weighted by Crippen LogP contribution is -1.69.